The fourth-order valence-corrected chi connectivity index (χ4v) is 3.28. The fraction of sp³-hybridized carbons (Fsp3) is 0.136. The number of aromatic nitrogens is 3. The lowest BCUT2D eigenvalue weighted by atomic mass is 10.1. The van der Waals surface area contributed by atoms with Gasteiger partial charge in [-0.3, -0.25) is 4.79 Å². The van der Waals surface area contributed by atoms with Crippen LogP contribution >= 0.6 is 11.6 Å². The van der Waals surface area contributed by atoms with Crippen molar-refractivity contribution in [3.8, 4) is 23.0 Å². The molecule has 1 amide bonds. The maximum atomic E-state index is 12.5. The van der Waals surface area contributed by atoms with Crippen molar-refractivity contribution < 1.29 is 9.32 Å². The molecule has 0 aliphatic heterocycles. The van der Waals surface area contributed by atoms with Gasteiger partial charge in [-0.15, -0.1) is 0 Å². The van der Waals surface area contributed by atoms with Crippen LogP contribution in [0.2, 0.25) is 5.02 Å². The summed E-state index contributed by atoms with van der Waals surface area (Å²) < 4.78 is 7.20. The summed E-state index contributed by atoms with van der Waals surface area (Å²) >= 11 is 6.03. The summed E-state index contributed by atoms with van der Waals surface area (Å²) in [5, 5.41) is 7.64. The first-order chi connectivity index (χ1) is 14.1. The van der Waals surface area contributed by atoms with Gasteiger partial charge in [-0.05, 0) is 36.8 Å². The smallest absolute Gasteiger partial charge is 0.274 e. The van der Waals surface area contributed by atoms with E-state index in [4.69, 9.17) is 16.1 Å². The summed E-state index contributed by atoms with van der Waals surface area (Å²) in [6.07, 6.45) is 1.81. The topological polar surface area (TPSA) is 73.0 Å². The molecule has 1 N–H and O–H groups in total. The van der Waals surface area contributed by atoms with E-state index in [1.54, 1.807) is 16.7 Å². The highest BCUT2D eigenvalue weighted by Gasteiger charge is 2.16. The molecular formula is C22H19ClN4O2. The molecule has 0 fully saturated rings. The number of hydrogen-bond donors (Lipinski definition) is 1. The molecule has 6 nitrogen and oxygen atoms in total. The van der Waals surface area contributed by atoms with Gasteiger partial charge in [0.1, 0.15) is 12.2 Å². The lowest BCUT2D eigenvalue weighted by molar-refractivity contribution is -0.122. The Morgan fingerprint density at radius 1 is 1.14 bits per heavy atom. The second-order valence-electron chi connectivity index (χ2n) is 6.65. The van der Waals surface area contributed by atoms with E-state index in [9.17, 15) is 4.79 Å². The third kappa shape index (κ3) is 4.38. The van der Waals surface area contributed by atoms with Gasteiger partial charge in [0.2, 0.25) is 11.7 Å². The third-order valence-corrected chi connectivity index (χ3v) is 4.78. The molecule has 0 unspecified atom stereocenters. The molecule has 2 heterocycles. The monoisotopic (exact) mass is 406 g/mol. The molecule has 0 aliphatic carbocycles. The summed E-state index contributed by atoms with van der Waals surface area (Å²) in [7, 11) is 0. The first-order valence-electron chi connectivity index (χ1n) is 9.19. The maximum absolute atomic E-state index is 12.5. The second-order valence-corrected chi connectivity index (χ2v) is 7.09. The highest BCUT2D eigenvalue weighted by molar-refractivity contribution is 6.30. The van der Waals surface area contributed by atoms with Crippen LogP contribution in [0, 0.1) is 0 Å². The zero-order valence-electron chi connectivity index (χ0n) is 15.7. The summed E-state index contributed by atoms with van der Waals surface area (Å²) in [5.74, 6) is 0.680. The predicted octanol–water partition coefficient (Wildman–Crippen LogP) is 4.74. The molecule has 0 saturated heterocycles. The van der Waals surface area contributed by atoms with Crippen LogP contribution in [0.25, 0.3) is 23.0 Å². The van der Waals surface area contributed by atoms with Crippen LogP contribution in [0.1, 0.15) is 18.5 Å². The second kappa shape index (κ2) is 8.32. The molecular weight excluding hydrogens is 388 g/mol. The summed E-state index contributed by atoms with van der Waals surface area (Å²) in [6, 6.07) is 20.7. The zero-order chi connectivity index (χ0) is 20.2. The number of halogens is 1. The van der Waals surface area contributed by atoms with Crippen molar-refractivity contribution in [2.75, 3.05) is 0 Å². The molecule has 0 spiro atoms. The molecule has 0 radical (unpaired) electrons. The number of nitrogens with one attached hydrogen (secondary N) is 1. The van der Waals surface area contributed by atoms with E-state index in [1.165, 1.54) is 0 Å². The van der Waals surface area contributed by atoms with Crippen molar-refractivity contribution in [2.45, 2.75) is 19.5 Å². The molecule has 7 heteroatoms. The maximum Gasteiger partial charge on any atom is 0.274 e. The number of hydrogen-bond acceptors (Lipinski definition) is 4. The Balaban J connectivity index is 1.48. The molecule has 1 atom stereocenters. The first-order valence-corrected chi connectivity index (χ1v) is 9.57. The normalized spacial score (nSPS) is 11.9. The molecule has 4 rings (SSSR count). The summed E-state index contributed by atoms with van der Waals surface area (Å²) in [5.41, 5.74) is 2.49. The lowest BCUT2D eigenvalue weighted by Gasteiger charge is -2.15. The third-order valence-electron chi connectivity index (χ3n) is 4.55. The Labute approximate surface area is 173 Å². The largest absolute Gasteiger partial charge is 0.348 e. The van der Waals surface area contributed by atoms with E-state index in [0.29, 0.717) is 22.4 Å². The fourth-order valence-electron chi connectivity index (χ4n) is 3.09. The minimum atomic E-state index is -0.103. The number of benzene rings is 2. The Kier molecular flexibility index (Phi) is 5.44. The van der Waals surface area contributed by atoms with Gasteiger partial charge in [-0.2, -0.15) is 4.98 Å². The Morgan fingerprint density at radius 3 is 2.76 bits per heavy atom. The van der Waals surface area contributed by atoms with Crippen molar-refractivity contribution in [3.05, 3.63) is 83.5 Å². The van der Waals surface area contributed by atoms with Crippen LogP contribution in [-0.4, -0.2) is 20.6 Å². The Morgan fingerprint density at radius 2 is 1.97 bits per heavy atom. The van der Waals surface area contributed by atoms with E-state index in [1.807, 2.05) is 67.7 Å². The number of nitrogens with zero attached hydrogens (tertiary/aromatic N) is 3. The molecule has 29 heavy (non-hydrogen) atoms. The van der Waals surface area contributed by atoms with Gasteiger partial charge in [0.05, 0.1) is 6.04 Å². The summed E-state index contributed by atoms with van der Waals surface area (Å²) in [6.45, 7) is 2.10. The van der Waals surface area contributed by atoms with Crippen molar-refractivity contribution in [2.24, 2.45) is 0 Å². The minimum Gasteiger partial charge on any atom is -0.348 e. The minimum absolute atomic E-state index is 0.0828. The highest BCUT2D eigenvalue weighted by atomic mass is 35.5. The van der Waals surface area contributed by atoms with Crippen LogP contribution in [-0.2, 0) is 11.3 Å². The molecule has 0 bridgehead atoms. The van der Waals surface area contributed by atoms with Crippen LogP contribution in [0.15, 0.2) is 77.4 Å². The van der Waals surface area contributed by atoms with Crippen LogP contribution in [0.3, 0.4) is 0 Å². The van der Waals surface area contributed by atoms with Gasteiger partial charge < -0.3 is 14.4 Å². The molecule has 2 aromatic carbocycles. The zero-order valence-corrected chi connectivity index (χ0v) is 16.5. The molecule has 146 valence electrons. The van der Waals surface area contributed by atoms with Gasteiger partial charge in [-0.25, -0.2) is 0 Å². The number of rotatable bonds is 6. The van der Waals surface area contributed by atoms with Crippen molar-refractivity contribution in [1.82, 2.24) is 20.0 Å². The predicted molar refractivity (Wildman–Crippen MR) is 111 cm³/mol. The first kappa shape index (κ1) is 19.0. The molecule has 0 saturated carbocycles. The summed E-state index contributed by atoms with van der Waals surface area (Å²) in [4.78, 5) is 17.0. The van der Waals surface area contributed by atoms with E-state index in [0.717, 1.165) is 11.1 Å². The van der Waals surface area contributed by atoms with E-state index in [-0.39, 0.29) is 18.5 Å². The standard InChI is InChI=1S/C22H19ClN4O2/c1-15(16-7-3-2-4-8-16)24-20(28)14-27-12-6-11-19(27)22-25-21(26-29-22)17-9-5-10-18(23)13-17/h2-13,15H,14H2,1H3,(H,24,28)/t15-/m0/s1. The van der Waals surface area contributed by atoms with Crippen molar-refractivity contribution in [1.29, 1.82) is 0 Å². The SMILES string of the molecule is C[C@H](NC(=O)Cn1cccc1-c1nc(-c2cccc(Cl)c2)no1)c1ccccc1. The molecule has 4 aromatic rings. The van der Waals surface area contributed by atoms with Crippen molar-refractivity contribution >= 4 is 17.5 Å². The average molecular weight is 407 g/mol. The van der Waals surface area contributed by atoms with Crippen LogP contribution < -0.4 is 5.32 Å². The van der Waals surface area contributed by atoms with Gasteiger partial charge >= 0.3 is 0 Å². The van der Waals surface area contributed by atoms with Crippen LogP contribution in [0.5, 0.6) is 0 Å². The van der Waals surface area contributed by atoms with Gasteiger partial charge in [-0.1, -0.05) is 59.2 Å². The van der Waals surface area contributed by atoms with Crippen molar-refractivity contribution in [3.63, 3.8) is 0 Å². The van der Waals surface area contributed by atoms with E-state index < -0.39 is 0 Å². The Bertz CT molecular complexity index is 1120. The van der Waals surface area contributed by atoms with E-state index >= 15 is 0 Å². The molecule has 2 aromatic heterocycles. The van der Waals surface area contributed by atoms with Gasteiger partial charge in [0.15, 0.2) is 0 Å². The van der Waals surface area contributed by atoms with E-state index in [2.05, 4.69) is 15.5 Å². The number of amides is 1. The highest BCUT2D eigenvalue weighted by Crippen LogP contribution is 2.24. The molecule has 0 aliphatic rings. The lowest BCUT2D eigenvalue weighted by Crippen LogP contribution is -2.30. The van der Waals surface area contributed by atoms with Gasteiger partial charge in [0.25, 0.3) is 5.89 Å². The quantitative estimate of drug-likeness (QED) is 0.502. The number of carbonyl (C=O) groups is 1. The van der Waals surface area contributed by atoms with Crippen LogP contribution in [0.4, 0.5) is 0 Å². The number of carbonyl (C=O) groups excluding carboxylic acids is 1. The van der Waals surface area contributed by atoms with Gasteiger partial charge in [0, 0.05) is 16.8 Å². The average Bonchev–Trinajstić information content (AvgIpc) is 3.38. The Hall–Kier alpha value is -3.38.